The van der Waals surface area contributed by atoms with Gasteiger partial charge in [-0.05, 0) is 47.5 Å². The maximum Gasteiger partial charge on any atom is 0.490 e. The summed E-state index contributed by atoms with van der Waals surface area (Å²) in [6, 6.07) is 20.0. The SMILES string of the molecule is O=C(O)C(F)(F)F.O=C(c1ccccc1)N1CCN(c2cnn3ccc(-c4ccc(F)cc4)cc23)CC1. The maximum atomic E-state index is 13.3. The van der Waals surface area contributed by atoms with E-state index in [1.54, 1.807) is 12.1 Å². The topological polar surface area (TPSA) is 78.2 Å². The number of carboxylic acid groups (broad SMARTS) is 1. The van der Waals surface area contributed by atoms with Crippen molar-refractivity contribution in [3.05, 3.63) is 90.5 Å². The summed E-state index contributed by atoms with van der Waals surface area (Å²) in [7, 11) is 0. The minimum atomic E-state index is -5.08. The van der Waals surface area contributed by atoms with Crippen molar-refractivity contribution in [2.24, 2.45) is 0 Å². The Kier molecular flexibility index (Phi) is 7.42. The molecule has 0 radical (unpaired) electrons. The second-order valence-electron chi connectivity index (χ2n) is 8.23. The van der Waals surface area contributed by atoms with Crippen LogP contribution in [0.25, 0.3) is 16.6 Å². The number of hydrogen-bond donors (Lipinski definition) is 1. The highest BCUT2D eigenvalue weighted by atomic mass is 19.4. The number of benzene rings is 2. The molecule has 3 heterocycles. The van der Waals surface area contributed by atoms with Crippen LogP contribution < -0.4 is 4.90 Å². The lowest BCUT2D eigenvalue weighted by molar-refractivity contribution is -0.192. The molecule has 1 fully saturated rings. The highest BCUT2D eigenvalue weighted by Crippen LogP contribution is 2.28. The van der Waals surface area contributed by atoms with Gasteiger partial charge >= 0.3 is 12.1 Å². The van der Waals surface area contributed by atoms with Crippen LogP contribution in [0.4, 0.5) is 23.2 Å². The van der Waals surface area contributed by atoms with Crippen molar-refractivity contribution < 1.29 is 32.3 Å². The van der Waals surface area contributed by atoms with Crippen molar-refractivity contribution in [2.45, 2.75) is 6.18 Å². The number of nitrogens with zero attached hydrogens (tertiary/aromatic N) is 4. The second-order valence-corrected chi connectivity index (χ2v) is 8.23. The molecule has 11 heteroatoms. The van der Waals surface area contributed by atoms with Crippen molar-refractivity contribution in [3.63, 3.8) is 0 Å². The van der Waals surface area contributed by atoms with Gasteiger partial charge in [0.1, 0.15) is 5.82 Å². The number of carbonyl (C=O) groups excluding carboxylic acids is 1. The standard InChI is InChI=1S/C24H21FN4O.C2HF3O2/c25-21-8-6-18(7-9-21)20-10-11-29-22(16-20)23(17-26-29)27-12-14-28(15-13-27)24(30)19-4-2-1-3-5-19;3-2(4,5)1(6)7/h1-11,16-17H,12-15H2;(H,6,7). The molecule has 5 rings (SSSR count). The molecule has 1 N–H and O–H groups in total. The van der Waals surface area contributed by atoms with Crippen LogP contribution in [0.5, 0.6) is 0 Å². The molecule has 1 saturated heterocycles. The van der Waals surface area contributed by atoms with E-state index < -0.39 is 12.1 Å². The Morgan fingerprint density at radius 2 is 1.49 bits per heavy atom. The summed E-state index contributed by atoms with van der Waals surface area (Å²) in [5.41, 5.74) is 4.75. The van der Waals surface area contributed by atoms with Crippen LogP contribution >= 0.6 is 0 Å². The Hall–Kier alpha value is -4.41. The first-order chi connectivity index (χ1) is 17.6. The Labute approximate surface area is 209 Å². The first kappa shape index (κ1) is 25.7. The molecule has 2 aromatic heterocycles. The zero-order valence-corrected chi connectivity index (χ0v) is 19.4. The summed E-state index contributed by atoms with van der Waals surface area (Å²) in [5, 5.41) is 11.6. The molecule has 0 unspecified atom stereocenters. The molecule has 192 valence electrons. The van der Waals surface area contributed by atoms with E-state index in [1.165, 1.54) is 12.1 Å². The normalized spacial score (nSPS) is 13.7. The molecular weight excluding hydrogens is 492 g/mol. The van der Waals surface area contributed by atoms with Crippen LogP contribution in [-0.2, 0) is 4.79 Å². The number of halogens is 4. The fourth-order valence-corrected chi connectivity index (χ4v) is 3.95. The quantitative estimate of drug-likeness (QED) is 0.400. The lowest BCUT2D eigenvalue weighted by Crippen LogP contribution is -2.48. The van der Waals surface area contributed by atoms with Gasteiger partial charge in [0.25, 0.3) is 5.91 Å². The van der Waals surface area contributed by atoms with Gasteiger partial charge in [-0.3, -0.25) is 4.79 Å². The zero-order valence-electron chi connectivity index (χ0n) is 19.4. The number of carboxylic acids is 1. The van der Waals surface area contributed by atoms with E-state index in [1.807, 2.05) is 58.2 Å². The Morgan fingerprint density at radius 1 is 0.865 bits per heavy atom. The van der Waals surface area contributed by atoms with Crippen LogP contribution in [0.3, 0.4) is 0 Å². The number of fused-ring (bicyclic) bond motifs is 1. The highest BCUT2D eigenvalue weighted by molar-refractivity contribution is 5.94. The number of anilines is 1. The van der Waals surface area contributed by atoms with E-state index in [2.05, 4.69) is 16.1 Å². The third kappa shape index (κ3) is 6.05. The Morgan fingerprint density at radius 3 is 2.08 bits per heavy atom. The second kappa shape index (κ2) is 10.7. The molecular formula is C26H22F4N4O3. The van der Waals surface area contributed by atoms with Gasteiger partial charge in [-0.2, -0.15) is 18.3 Å². The van der Waals surface area contributed by atoms with Gasteiger partial charge in [-0.1, -0.05) is 30.3 Å². The molecule has 0 aliphatic carbocycles. The first-order valence-corrected chi connectivity index (χ1v) is 11.3. The van der Waals surface area contributed by atoms with Crippen molar-refractivity contribution >= 4 is 23.1 Å². The average molecular weight is 514 g/mol. The van der Waals surface area contributed by atoms with E-state index in [9.17, 15) is 22.4 Å². The number of piperazine rings is 1. The molecule has 0 atom stereocenters. The minimum Gasteiger partial charge on any atom is -0.475 e. The van der Waals surface area contributed by atoms with Crippen LogP contribution in [0, 0.1) is 5.82 Å². The minimum absolute atomic E-state index is 0.0775. The molecule has 0 bridgehead atoms. The van der Waals surface area contributed by atoms with Crippen molar-refractivity contribution in [2.75, 3.05) is 31.1 Å². The van der Waals surface area contributed by atoms with Crippen molar-refractivity contribution in [3.8, 4) is 11.1 Å². The van der Waals surface area contributed by atoms with E-state index in [0.717, 1.165) is 41.0 Å². The molecule has 7 nitrogen and oxygen atoms in total. The number of amides is 1. The molecule has 0 spiro atoms. The maximum absolute atomic E-state index is 13.3. The van der Waals surface area contributed by atoms with E-state index in [-0.39, 0.29) is 11.7 Å². The predicted molar refractivity (Wildman–Crippen MR) is 129 cm³/mol. The molecule has 0 saturated carbocycles. The summed E-state index contributed by atoms with van der Waals surface area (Å²) < 4.78 is 46.8. The number of rotatable bonds is 3. The summed E-state index contributed by atoms with van der Waals surface area (Å²) in [4.78, 5) is 25.8. The van der Waals surface area contributed by atoms with Crippen LogP contribution in [0.1, 0.15) is 10.4 Å². The Bertz CT molecular complexity index is 1380. The van der Waals surface area contributed by atoms with E-state index in [0.29, 0.717) is 13.1 Å². The fourth-order valence-electron chi connectivity index (χ4n) is 3.95. The monoisotopic (exact) mass is 514 g/mol. The smallest absolute Gasteiger partial charge is 0.475 e. The first-order valence-electron chi connectivity index (χ1n) is 11.3. The molecule has 1 amide bonds. The van der Waals surface area contributed by atoms with Crippen LogP contribution in [0.2, 0.25) is 0 Å². The third-order valence-corrected chi connectivity index (χ3v) is 5.85. The van der Waals surface area contributed by atoms with Crippen molar-refractivity contribution in [1.29, 1.82) is 0 Å². The largest absolute Gasteiger partial charge is 0.490 e. The van der Waals surface area contributed by atoms with Crippen LogP contribution in [0.15, 0.2) is 79.1 Å². The summed E-state index contributed by atoms with van der Waals surface area (Å²) >= 11 is 0. The fraction of sp³-hybridized carbons (Fsp3) is 0.192. The average Bonchev–Trinajstić information content (AvgIpc) is 3.32. The molecule has 1 aliphatic rings. The summed E-state index contributed by atoms with van der Waals surface area (Å²) in [6.07, 6.45) is -1.29. The lowest BCUT2D eigenvalue weighted by atomic mass is 10.1. The zero-order chi connectivity index (χ0) is 26.6. The van der Waals surface area contributed by atoms with Gasteiger partial charge in [0, 0.05) is 37.9 Å². The van der Waals surface area contributed by atoms with Gasteiger partial charge in [-0.15, -0.1) is 0 Å². The molecule has 1 aliphatic heterocycles. The number of carbonyl (C=O) groups is 2. The van der Waals surface area contributed by atoms with Gasteiger partial charge in [0.15, 0.2) is 0 Å². The Balaban J connectivity index is 0.000000405. The van der Waals surface area contributed by atoms with Crippen molar-refractivity contribution in [1.82, 2.24) is 14.5 Å². The number of pyridine rings is 1. The highest BCUT2D eigenvalue weighted by Gasteiger charge is 2.38. The van der Waals surface area contributed by atoms with Gasteiger partial charge < -0.3 is 14.9 Å². The van der Waals surface area contributed by atoms with E-state index >= 15 is 0 Å². The summed E-state index contributed by atoms with van der Waals surface area (Å²) in [6.45, 7) is 2.84. The molecule has 37 heavy (non-hydrogen) atoms. The molecule has 2 aromatic carbocycles. The number of aliphatic carboxylic acids is 1. The van der Waals surface area contributed by atoms with Crippen LogP contribution in [-0.4, -0.2) is 63.9 Å². The number of alkyl halides is 3. The third-order valence-electron chi connectivity index (χ3n) is 5.85. The molecule has 4 aromatic rings. The summed E-state index contributed by atoms with van der Waals surface area (Å²) in [5.74, 6) is -2.92. The van der Waals surface area contributed by atoms with E-state index in [4.69, 9.17) is 9.90 Å². The lowest BCUT2D eigenvalue weighted by Gasteiger charge is -2.35. The van der Waals surface area contributed by atoms with Gasteiger partial charge in [0.05, 0.1) is 17.4 Å². The van der Waals surface area contributed by atoms with Gasteiger partial charge in [0.2, 0.25) is 0 Å². The number of hydrogen-bond acceptors (Lipinski definition) is 4. The van der Waals surface area contributed by atoms with Gasteiger partial charge in [-0.25, -0.2) is 13.7 Å². The number of aromatic nitrogens is 2. The predicted octanol–water partition coefficient (Wildman–Crippen LogP) is 4.74.